The fraction of sp³-hybridized carbons (Fsp3) is 0.158. The maximum Gasteiger partial charge on any atom is 0.307 e. The van der Waals surface area contributed by atoms with Crippen molar-refractivity contribution in [2.75, 3.05) is 0 Å². The van der Waals surface area contributed by atoms with Crippen LogP contribution in [0.3, 0.4) is 0 Å². The monoisotopic (exact) mass is 510 g/mol. The van der Waals surface area contributed by atoms with E-state index in [2.05, 4.69) is 75.0 Å². The SMILES string of the molecule is CC(C)c1ccc(/C=N\NC(=O)c2cc3cc(Br)cc(I)c3o2)cc1. The van der Waals surface area contributed by atoms with Gasteiger partial charge in [-0.2, -0.15) is 5.10 Å². The second-order valence-corrected chi connectivity index (χ2v) is 8.01. The van der Waals surface area contributed by atoms with Gasteiger partial charge in [-0.05, 0) is 57.8 Å². The summed E-state index contributed by atoms with van der Waals surface area (Å²) in [7, 11) is 0. The van der Waals surface area contributed by atoms with Gasteiger partial charge in [0.05, 0.1) is 9.78 Å². The van der Waals surface area contributed by atoms with E-state index in [1.165, 1.54) is 5.56 Å². The lowest BCUT2D eigenvalue weighted by Crippen LogP contribution is -2.16. The van der Waals surface area contributed by atoms with Crippen molar-refractivity contribution in [3.05, 3.63) is 67.4 Å². The first-order valence-corrected chi connectivity index (χ1v) is 9.63. The molecular formula is C19H16BrIN2O2. The molecule has 0 spiro atoms. The minimum Gasteiger partial charge on any atom is -0.450 e. The third-order valence-electron chi connectivity index (χ3n) is 3.74. The van der Waals surface area contributed by atoms with Crippen LogP contribution in [0, 0.1) is 3.57 Å². The summed E-state index contributed by atoms with van der Waals surface area (Å²) >= 11 is 5.62. The predicted molar refractivity (Wildman–Crippen MR) is 112 cm³/mol. The number of nitrogens with one attached hydrogen (secondary N) is 1. The molecule has 0 aliphatic carbocycles. The topological polar surface area (TPSA) is 54.6 Å². The van der Waals surface area contributed by atoms with Crippen molar-refractivity contribution in [1.82, 2.24) is 5.43 Å². The van der Waals surface area contributed by atoms with Crippen LogP contribution < -0.4 is 5.43 Å². The van der Waals surface area contributed by atoms with Crippen LogP contribution in [-0.2, 0) is 0 Å². The number of amides is 1. The fourth-order valence-electron chi connectivity index (χ4n) is 2.38. The van der Waals surface area contributed by atoms with Crippen molar-refractivity contribution in [2.24, 2.45) is 5.10 Å². The number of hydrogen-bond donors (Lipinski definition) is 1. The van der Waals surface area contributed by atoms with Gasteiger partial charge in [-0.1, -0.05) is 54.0 Å². The highest BCUT2D eigenvalue weighted by molar-refractivity contribution is 14.1. The molecule has 128 valence electrons. The van der Waals surface area contributed by atoms with Crippen molar-refractivity contribution in [2.45, 2.75) is 19.8 Å². The Morgan fingerprint density at radius 1 is 1.24 bits per heavy atom. The molecule has 0 atom stereocenters. The number of hydrogen-bond acceptors (Lipinski definition) is 3. The predicted octanol–water partition coefficient (Wildman–Crippen LogP) is 5.69. The Balaban J connectivity index is 1.71. The Hall–Kier alpha value is -1.67. The molecule has 0 radical (unpaired) electrons. The average molecular weight is 511 g/mol. The average Bonchev–Trinajstić information content (AvgIpc) is 2.99. The molecule has 3 rings (SSSR count). The van der Waals surface area contributed by atoms with E-state index in [1.54, 1.807) is 12.3 Å². The summed E-state index contributed by atoms with van der Waals surface area (Å²) < 4.78 is 7.53. The zero-order valence-corrected chi connectivity index (χ0v) is 17.5. The lowest BCUT2D eigenvalue weighted by Gasteiger charge is -2.04. The molecule has 0 fully saturated rings. The second kappa shape index (κ2) is 7.70. The maximum atomic E-state index is 12.2. The first-order chi connectivity index (χ1) is 11.9. The molecule has 0 unspecified atom stereocenters. The van der Waals surface area contributed by atoms with E-state index in [1.807, 2.05) is 24.3 Å². The van der Waals surface area contributed by atoms with Crippen molar-refractivity contribution < 1.29 is 9.21 Å². The molecule has 3 aromatic rings. The number of furan rings is 1. The van der Waals surface area contributed by atoms with Gasteiger partial charge in [-0.3, -0.25) is 4.79 Å². The van der Waals surface area contributed by atoms with Gasteiger partial charge in [0, 0.05) is 9.86 Å². The molecule has 4 nitrogen and oxygen atoms in total. The minimum absolute atomic E-state index is 0.235. The standard InChI is InChI=1S/C19H16BrIN2O2/c1-11(2)13-5-3-12(4-6-13)10-22-23-19(24)17-8-14-7-15(20)9-16(21)18(14)25-17/h3-11H,1-2H3,(H,23,24)/b22-10-. The third-order valence-corrected chi connectivity index (χ3v) is 5.00. The number of rotatable bonds is 4. The third kappa shape index (κ3) is 4.30. The summed E-state index contributed by atoms with van der Waals surface area (Å²) in [6.45, 7) is 4.30. The smallest absolute Gasteiger partial charge is 0.307 e. The van der Waals surface area contributed by atoms with Gasteiger partial charge >= 0.3 is 5.91 Å². The molecule has 0 aliphatic heterocycles. The number of carbonyl (C=O) groups excluding carboxylic acids is 1. The Morgan fingerprint density at radius 2 is 1.96 bits per heavy atom. The number of fused-ring (bicyclic) bond motifs is 1. The first kappa shape index (κ1) is 18.1. The van der Waals surface area contributed by atoms with E-state index in [9.17, 15) is 4.79 Å². The van der Waals surface area contributed by atoms with Gasteiger partial charge in [-0.25, -0.2) is 5.43 Å². The van der Waals surface area contributed by atoms with Gasteiger partial charge in [-0.15, -0.1) is 0 Å². The fourth-order valence-corrected chi connectivity index (χ4v) is 4.04. The van der Waals surface area contributed by atoms with E-state index in [0.29, 0.717) is 11.5 Å². The summed E-state index contributed by atoms with van der Waals surface area (Å²) in [5.74, 6) is 0.345. The first-order valence-electron chi connectivity index (χ1n) is 7.76. The Labute approximate surface area is 167 Å². The molecule has 1 amide bonds. The van der Waals surface area contributed by atoms with E-state index < -0.39 is 0 Å². The van der Waals surface area contributed by atoms with Crippen LogP contribution in [0.15, 0.2) is 56.5 Å². The van der Waals surface area contributed by atoms with Gasteiger partial charge < -0.3 is 4.42 Å². The highest BCUT2D eigenvalue weighted by atomic mass is 127. The number of benzene rings is 2. The molecule has 6 heteroatoms. The summed E-state index contributed by atoms with van der Waals surface area (Å²) in [4.78, 5) is 12.2. The zero-order valence-electron chi connectivity index (χ0n) is 13.7. The number of halogens is 2. The number of hydrazone groups is 1. The summed E-state index contributed by atoms with van der Waals surface area (Å²) in [5, 5.41) is 4.88. The largest absolute Gasteiger partial charge is 0.450 e. The summed E-state index contributed by atoms with van der Waals surface area (Å²) in [6, 6.07) is 13.6. The van der Waals surface area contributed by atoms with Crippen LogP contribution in [0.1, 0.15) is 41.4 Å². The van der Waals surface area contributed by atoms with Crippen molar-refractivity contribution >= 4 is 61.6 Å². The van der Waals surface area contributed by atoms with Gasteiger partial charge in [0.25, 0.3) is 0 Å². The minimum atomic E-state index is -0.377. The van der Waals surface area contributed by atoms with Crippen molar-refractivity contribution in [3.8, 4) is 0 Å². The molecule has 2 aromatic carbocycles. The highest BCUT2D eigenvalue weighted by Gasteiger charge is 2.14. The lowest BCUT2D eigenvalue weighted by atomic mass is 10.0. The lowest BCUT2D eigenvalue weighted by molar-refractivity contribution is 0.0929. The van der Waals surface area contributed by atoms with Crippen LogP contribution in [-0.4, -0.2) is 12.1 Å². The number of carbonyl (C=O) groups is 1. The molecule has 1 heterocycles. The van der Waals surface area contributed by atoms with Crippen LogP contribution in [0.2, 0.25) is 0 Å². The Bertz CT molecular complexity index is 946. The second-order valence-electron chi connectivity index (χ2n) is 5.94. The van der Waals surface area contributed by atoms with Crippen molar-refractivity contribution in [1.29, 1.82) is 0 Å². The molecule has 0 bridgehead atoms. The normalized spacial score (nSPS) is 11.6. The van der Waals surface area contributed by atoms with E-state index in [4.69, 9.17) is 4.42 Å². The van der Waals surface area contributed by atoms with Crippen LogP contribution >= 0.6 is 38.5 Å². The van der Waals surface area contributed by atoms with Gasteiger partial charge in [0.1, 0.15) is 5.58 Å². The quantitative estimate of drug-likeness (QED) is 0.278. The number of nitrogens with zero attached hydrogens (tertiary/aromatic N) is 1. The van der Waals surface area contributed by atoms with E-state index in [0.717, 1.165) is 19.0 Å². The molecule has 1 aromatic heterocycles. The molecular weight excluding hydrogens is 495 g/mol. The Kier molecular flexibility index (Phi) is 5.58. The van der Waals surface area contributed by atoms with Crippen LogP contribution in [0.25, 0.3) is 11.0 Å². The Morgan fingerprint density at radius 3 is 2.64 bits per heavy atom. The van der Waals surface area contributed by atoms with Gasteiger partial charge in [0.15, 0.2) is 5.76 Å². The van der Waals surface area contributed by atoms with Gasteiger partial charge in [0.2, 0.25) is 0 Å². The van der Waals surface area contributed by atoms with E-state index >= 15 is 0 Å². The zero-order chi connectivity index (χ0) is 18.0. The van der Waals surface area contributed by atoms with Crippen LogP contribution in [0.4, 0.5) is 0 Å². The molecule has 25 heavy (non-hydrogen) atoms. The van der Waals surface area contributed by atoms with Crippen LogP contribution in [0.5, 0.6) is 0 Å². The molecule has 0 saturated carbocycles. The van der Waals surface area contributed by atoms with Crippen molar-refractivity contribution in [3.63, 3.8) is 0 Å². The van der Waals surface area contributed by atoms with E-state index in [-0.39, 0.29) is 11.7 Å². The molecule has 0 aliphatic rings. The molecule has 0 saturated heterocycles. The maximum absolute atomic E-state index is 12.2. The summed E-state index contributed by atoms with van der Waals surface area (Å²) in [6.07, 6.45) is 1.62. The molecule has 1 N–H and O–H groups in total. The highest BCUT2D eigenvalue weighted by Crippen LogP contribution is 2.28. The summed E-state index contributed by atoms with van der Waals surface area (Å²) in [5.41, 5.74) is 5.39.